The number of likely N-dealkylation sites (tertiary alicyclic amines) is 1. The van der Waals surface area contributed by atoms with Crippen LogP contribution in [0.4, 0.5) is 0 Å². The summed E-state index contributed by atoms with van der Waals surface area (Å²) in [6, 6.07) is 12.7. The van der Waals surface area contributed by atoms with E-state index in [9.17, 15) is 14.7 Å². The third kappa shape index (κ3) is 3.24. The SMILES string of the molecule is COc1cc(C(=O)N2CC(C(=O)O)C(c3ccccc3)C2)cc2c1OCCO2. The number of aliphatic carboxylic acids is 1. The van der Waals surface area contributed by atoms with Crippen LogP contribution in [0.5, 0.6) is 17.2 Å². The van der Waals surface area contributed by atoms with E-state index in [0.29, 0.717) is 42.6 Å². The van der Waals surface area contributed by atoms with E-state index in [4.69, 9.17) is 14.2 Å². The highest BCUT2D eigenvalue weighted by Gasteiger charge is 2.41. The summed E-state index contributed by atoms with van der Waals surface area (Å²) >= 11 is 0. The molecule has 2 aliphatic heterocycles. The van der Waals surface area contributed by atoms with Crippen LogP contribution in [0.1, 0.15) is 21.8 Å². The molecule has 2 aromatic rings. The zero-order valence-electron chi connectivity index (χ0n) is 15.5. The van der Waals surface area contributed by atoms with Gasteiger partial charge in [0.15, 0.2) is 11.5 Å². The lowest BCUT2D eigenvalue weighted by atomic mass is 9.89. The fourth-order valence-electron chi connectivity index (χ4n) is 3.84. The van der Waals surface area contributed by atoms with Crippen LogP contribution in [0.25, 0.3) is 0 Å². The van der Waals surface area contributed by atoms with Crippen LogP contribution >= 0.6 is 0 Å². The predicted octanol–water partition coefficient (Wildman–Crippen LogP) is 2.41. The van der Waals surface area contributed by atoms with Gasteiger partial charge in [-0.3, -0.25) is 9.59 Å². The van der Waals surface area contributed by atoms with Gasteiger partial charge >= 0.3 is 5.97 Å². The molecule has 146 valence electrons. The third-order valence-corrected chi connectivity index (χ3v) is 5.23. The second kappa shape index (κ2) is 7.42. The Hall–Kier alpha value is -3.22. The maximum absolute atomic E-state index is 13.1. The lowest BCUT2D eigenvalue weighted by molar-refractivity contribution is -0.141. The molecule has 2 atom stereocenters. The van der Waals surface area contributed by atoms with E-state index in [1.54, 1.807) is 17.0 Å². The third-order valence-electron chi connectivity index (χ3n) is 5.23. The summed E-state index contributed by atoms with van der Waals surface area (Å²) in [4.78, 5) is 26.5. The minimum absolute atomic E-state index is 0.157. The number of ether oxygens (including phenoxy) is 3. The van der Waals surface area contributed by atoms with E-state index in [1.165, 1.54) is 7.11 Å². The Labute approximate surface area is 162 Å². The number of hydrogen-bond donors (Lipinski definition) is 1. The molecule has 0 spiro atoms. The highest BCUT2D eigenvalue weighted by molar-refractivity contribution is 5.96. The maximum Gasteiger partial charge on any atom is 0.308 e. The van der Waals surface area contributed by atoms with Crippen LogP contribution in [-0.2, 0) is 4.79 Å². The minimum atomic E-state index is -0.899. The molecule has 4 rings (SSSR count). The van der Waals surface area contributed by atoms with Crippen molar-refractivity contribution in [3.63, 3.8) is 0 Å². The smallest absolute Gasteiger partial charge is 0.308 e. The number of carbonyl (C=O) groups is 2. The molecule has 28 heavy (non-hydrogen) atoms. The lowest BCUT2D eigenvalue weighted by Gasteiger charge is -2.23. The molecule has 2 heterocycles. The minimum Gasteiger partial charge on any atom is -0.493 e. The summed E-state index contributed by atoms with van der Waals surface area (Å²) in [7, 11) is 1.50. The molecule has 0 saturated carbocycles. The molecule has 0 aliphatic carbocycles. The summed E-state index contributed by atoms with van der Waals surface area (Å²) in [5.41, 5.74) is 1.31. The Kier molecular flexibility index (Phi) is 4.81. The quantitative estimate of drug-likeness (QED) is 0.873. The van der Waals surface area contributed by atoms with Crippen LogP contribution < -0.4 is 14.2 Å². The monoisotopic (exact) mass is 383 g/mol. The second-order valence-corrected chi connectivity index (χ2v) is 6.87. The van der Waals surface area contributed by atoms with E-state index in [0.717, 1.165) is 5.56 Å². The van der Waals surface area contributed by atoms with Gasteiger partial charge in [0.25, 0.3) is 5.91 Å². The number of rotatable bonds is 4. The number of carboxylic acid groups (broad SMARTS) is 1. The van der Waals surface area contributed by atoms with Gasteiger partial charge in [0.05, 0.1) is 13.0 Å². The topological polar surface area (TPSA) is 85.3 Å². The van der Waals surface area contributed by atoms with Crippen LogP contribution in [0.15, 0.2) is 42.5 Å². The van der Waals surface area contributed by atoms with Crippen molar-refractivity contribution in [1.82, 2.24) is 4.90 Å². The standard InChI is InChI=1S/C21H21NO6/c1-26-17-9-14(10-18-19(17)28-8-7-27-18)20(23)22-11-15(16(12-22)21(24)25)13-5-3-2-4-6-13/h2-6,9-10,15-16H,7-8,11-12H2,1H3,(H,24,25). The Morgan fingerprint density at radius 1 is 1.11 bits per heavy atom. The molecular weight excluding hydrogens is 362 g/mol. The first-order valence-electron chi connectivity index (χ1n) is 9.13. The van der Waals surface area contributed by atoms with Crippen LogP contribution in [0.3, 0.4) is 0 Å². The summed E-state index contributed by atoms with van der Waals surface area (Å²) in [6.45, 7) is 1.32. The van der Waals surface area contributed by atoms with Crippen molar-refractivity contribution in [2.24, 2.45) is 5.92 Å². The average molecular weight is 383 g/mol. The molecule has 2 aromatic carbocycles. The van der Waals surface area contributed by atoms with Gasteiger partial charge in [-0.15, -0.1) is 0 Å². The summed E-state index contributed by atoms with van der Waals surface area (Å²) in [5.74, 6) is -0.676. The maximum atomic E-state index is 13.1. The number of methoxy groups -OCH3 is 1. The van der Waals surface area contributed by atoms with Crippen molar-refractivity contribution in [3.8, 4) is 17.2 Å². The zero-order chi connectivity index (χ0) is 19.7. The van der Waals surface area contributed by atoms with Crippen molar-refractivity contribution in [3.05, 3.63) is 53.6 Å². The van der Waals surface area contributed by atoms with Crippen LogP contribution in [-0.4, -0.2) is 55.3 Å². The van der Waals surface area contributed by atoms with Gasteiger partial charge in [-0.1, -0.05) is 30.3 Å². The van der Waals surface area contributed by atoms with Gasteiger partial charge in [0.2, 0.25) is 5.75 Å². The van der Waals surface area contributed by atoms with E-state index in [2.05, 4.69) is 0 Å². The first-order valence-corrected chi connectivity index (χ1v) is 9.13. The van der Waals surface area contributed by atoms with E-state index < -0.39 is 11.9 Å². The zero-order valence-corrected chi connectivity index (χ0v) is 15.5. The van der Waals surface area contributed by atoms with Gasteiger partial charge in [0.1, 0.15) is 13.2 Å². The van der Waals surface area contributed by atoms with Crippen molar-refractivity contribution in [2.75, 3.05) is 33.4 Å². The van der Waals surface area contributed by atoms with Gasteiger partial charge in [-0.25, -0.2) is 0 Å². The Bertz CT molecular complexity index is 880. The molecule has 1 saturated heterocycles. The van der Waals surface area contributed by atoms with Gasteiger partial charge in [0, 0.05) is 24.6 Å². The fraction of sp³-hybridized carbons (Fsp3) is 0.333. The molecule has 2 aliphatic rings. The van der Waals surface area contributed by atoms with Crippen molar-refractivity contribution < 1.29 is 28.9 Å². The van der Waals surface area contributed by atoms with Crippen LogP contribution in [0, 0.1) is 5.92 Å². The molecule has 7 nitrogen and oxygen atoms in total. The number of benzene rings is 2. The highest BCUT2D eigenvalue weighted by atomic mass is 16.6. The average Bonchev–Trinajstić information content (AvgIpc) is 3.19. The largest absolute Gasteiger partial charge is 0.493 e. The molecule has 7 heteroatoms. The fourth-order valence-corrected chi connectivity index (χ4v) is 3.84. The predicted molar refractivity (Wildman–Crippen MR) is 100 cm³/mol. The molecule has 2 unspecified atom stereocenters. The first kappa shape index (κ1) is 18.2. The molecule has 0 aromatic heterocycles. The number of hydrogen-bond acceptors (Lipinski definition) is 5. The Balaban J connectivity index is 1.63. The lowest BCUT2D eigenvalue weighted by Crippen LogP contribution is -2.30. The van der Waals surface area contributed by atoms with Crippen molar-refractivity contribution in [1.29, 1.82) is 0 Å². The van der Waals surface area contributed by atoms with Crippen molar-refractivity contribution >= 4 is 11.9 Å². The Morgan fingerprint density at radius 3 is 2.57 bits per heavy atom. The number of carboxylic acids is 1. The molecule has 1 fully saturated rings. The van der Waals surface area contributed by atoms with Gasteiger partial charge in [-0.05, 0) is 17.7 Å². The van der Waals surface area contributed by atoms with Crippen molar-refractivity contribution in [2.45, 2.75) is 5.92 Å². The van der Waals surface area contributed by atoms with E-state index in [-0.39, 0.29) is 18.4 Å². The molecular formula is C21H21NO6. The number of fused-ring (bicyclic) bond motifs is 1. The molecule has 0 radical (unpaired) electrons. The number of nitrogens with zero attached hydrogens (tertiary/aromatic N) is 1. The second-order valence-electron chi connectivity index (χ2n) is 6.87. The van der Waals surface area contributed by atoms with E-state index >= 15 is 0 Å². The number of amides is 1. The summed E-state index contributed by atoms with van der Waals surface area (Å²) in [5, 5.41) is 9.66. The molecule has 1 amide bonds. The molecule has 0 bridgehead atoms. The Morgan fingerprint density at radius 2 is 1.86 bits per heavy atom. The normalized spacial score (nSPS) is 20.7. The van der Waals surface area contributed by atoms with E-state index in [1.807, 2.05) is 30.3 Å². The van der Waals surface area contributed by atoms with Crippen LogP contribution in [0.2, 0.25) is 0 Å². The molecule has 1 N–H and O–H groups in total. The van der Waals surface area contributed by atoms with Gasteiger partial charge < -0.3 is 24.2 Å². The summed E-state index contributed by atoms with van der Waals surface area (Å²) < 4.78 is 16.5. The van der Waals surface area contributed by atoms with Gasteiger partial charge in [-0.2, -0.15) is 0 Å². The highest BCUT2D eigenvalue weighted by Crippen LogP contribution is 2.41. The first-order chi connectivity index (χ1) is 13.6. The number of carbonyl (C=O) groups excluding carboxylic acids is 1. The summed E-state index contributed by atoms with van der Waals surface area (Å²) in [6.07, 6.45) is 0.